The Bertz CT molecular complexity index is 1610. The second-order valence-electron chi connectivity index (χ2n) is 9.52. The summed E-state index contributed by atoms with van der Waals surface area (Å²) in [6.07, 6.45) is 6.48. The third-order valence-corrected chi connectivity index (χ3v) is 7.78. The van der Waals surface area contributed by atoms with E-state index in [0.717, 1.165) is 40.2 Å². The standard InChI is InChI=1S/C28H30N6O3S2/c1-18-15-22(19(2)33(18)17-20-10-13-29-14-11-20)27-26(23-7-5-6-12-30-23)31-28(38)34(27)21-8-9-25(37-3)24(16-21)32-39(4,35)36/h5-16,26-27,32H,17H2,1-4H3,(H,31,38)/t26-,27-/m1/s1. The van der Waals surface area contributed by atoms with Crippen LogP contribution in [0.3, 0.4) is 0 Å². The topological polar surface area (TPSA) is 101 Å². The molecule has 2 N–H and O–H groups in total. The number of hydrogen-bond acceptors (Lipinski definition) is 6. The maximum absolute atomic E-state index is 12.1. The maximum Gasteiger partial charge on any atom is 0.229 e. The van der Waals surface area contributed by atoms with Gasteiger partial charge in [0.2, 0.25) is 10.0 Å². The smallest absolute Gasteiger partial charge is 0.229 e. The van der Waals surface area contributed by atoms with E-state index >= 15 is 0 Å². The van der Waals surface area contributed by atoms with Crippen LogP contribution in [0.1, 0.15) is 40.3 Å². The van der Waals surface area contributed by atoms with Gasteiger partial charge in [-0.2, -0.15) is 0 Å². The van der Waals surface area contributed by atoms with Crippen molar-refractivity contribution in [2.45, 2.75) is 32.5 Å². The van der Waals surface area contributed by atoms with Gasteiger partial charge in [0.25, 0.3) is 0 Å². The number of aryl methyl sites for hydroxylation is 1. The maximum atomic E-state index is 12.1. The van der Waals surface area contributed by atoms with Gasteiger partial charge in [0.1, 0.15) is 5.75 Å². The van der Waals surface area contributed by atoms with Crippen LogP contribution in [0.2, 0.25) is 0 Å². The van der Waals surface area contributed by atoms with Crippen LogP contribution in [0, 0.1) is 13.8 Å². The predicted octanol–water partition coefficient (Wildman–Crippen LogP) is 4.50. The molecular weight excluding hydrogens is 532 g/mol. The van der Waals surface area contributed by atoms with Crippen LogP contribution in [0.4, 0.5) is 11.4 Å². The highest BCUT2D eigenvalue weighted by Gasteiger charge is 2.42. The minimum Gasteiger partial charge on any atom is -0.495 e. The van der Waals surface area contributed by atoms with E-state index in [2.05, 4.69) is 44.5 Å². The normalized spacial score (nSPS) is 17.2. The number of methoxy groups -OCH3 is 1. The van der Waals surface area contributed by atoms with Crippen molar-refractivity contribution >= 4 is 38.7 Å². The fourth-order valence-electron chi connectivity index (χ4n) is 5.12. The van der Waals surface area contributed by atoms with Gasteiger partial charge < -0.3 is 19.5 Å². The minimum atomic E-state index is -3.54. The molecule has 0 spiro atoms. The van der Waals surface area contributed by atoms with E-state index in [1.165, 1.54) is 7.11 Å². The van der Waals surface area contributed by atoms with E-state index in [4.69, 9.17) is 17.0 Å². The van der Waals surface area contributed by atoms with Crippen molar-refractivity contribution in [3.8, 4) is 5.75 Å². The van der Waals surface area contributed by atoms with Crippen LogP contribution < -0.4 is 19.7 Å². The first-order valence-corrected chi connectivity index (χ1v) is 14.7. The van der Waals surface area contributed by atoms with Crippen LogP contribution in [-0.4, -0.2) is 41.4 Å². The summed E-state index contributed by atoms with van der Waals surface area (Å²) in [4.78, 5) is 10.8. The number of pyridine rings is 2. The highest BCUT2D eigenvalue weighted by molar-refractivity contribution is 7.92. The Kier molecular flexibility index (Phi) is 7.28. The van der Waals surface area contributed by atoms with Gasteiger partial charge in [-0.25, -0.2) is 8.42 Å². The van der Waals surface area contributed by atoms with Crippen LogP contribution in [-0.2, 0) is 16.6 Å². The Labute approximate surface area is 233 Å². The molecule has 0 radical (unpaired) electrons. The van der Waals surface area contributed by atoms with Gasteiger partial charge in [0, 0.05) is 42.2 Å². The molecule has 4 heterocycles. The number of sulfonamides is 1. The first-order chi connectivity index (χ1) is 18.7. The first-order valence-electron chi connectivity index (χ1n) is 12.4. The number of thiocarbonyl (C=S) groups is 1. The van der Waals surface area contributed by atoms with E-state index in [-0.39, 0.29) is 12.1 Å². The number of ether oxygens (including phenoxy) is 1. The molecule has 0 unspecified atom stereocenters. The third-order valence-electron chi connectivity index (χ3n) is 6.88. The second kappa shape index (κ2) is 10.7. The number of aromatic nitrogens is 3. The molecule has 4 aromatic rings. The fraction of sp³-hybridized carbons (Fsp3) is 0.250. The summed E-state index contributed by atoms with van der Waals surface area (Å²) < 4.78 is 34.4. The van der Waals surface area contributed by atoms with Crippen molar-refractivity contribution in [3.63, 3.8) is 0 Å². The molecule has 0 bridgehead atoms. The lowest BCUT2D eigenvalue weighted by Gasteiger charge is -2.29. The Hall–Kier alpha value is -3.96. The molecule has 1 aliphatic heterocycles. The van der Waals surface area contributed by atoms with E-state index in [9.17, 15) is 8.42 Å². The van der Waals surface area contributed by atoms with Crippen molar-refractivity contribution in [3.05, 3.63) is 101 Å². The van der Waals surface area contributed by atoms with Crippen LogP contribution in [0.25, 0.3) is 0 Å². The molecule has 0 saturated carbocycles. The van der Waals surface area contributed by atoms with E-state index < -0.39 is 10.0 Å². The van der Waals surface area contributed by atoms with Gasteiger partial charge in [0.05, 0.1) is 36.8 Å². The van der Waals surface area contributed by atoms with Gasteiger partial charge in [-0.3, -0.25) is 14.7 Å². The van der Waals surface area contributed by atoms with E-state index in [1.54, 1.807) is 30.7 Å². The molecule has 1 saturated heterocycles. The molecule has 202 valence electrons. The lowest BCUT2D eigenvalue weighted by Crippen LogP contribution is -2.29. The number of rotatable bonds is 8. The van der Waals surface area contributed by atoms with Crippen LogP contribution in [0.5, 0.6) is 5.75 Å². The Balaban J connectivity index is 1.64. The Morgan fingerprint density at radius 2 is 1.85 bits per heavy atom. The summed E-state index contributed by atoms with van der Waals surface area (Å²) >= 11 is 5.88. The van der Waals surface area contributed by atoms with Gasteiger partial charge in [-0.05, 0) is 85.7 Å². The summed E-state index contributed by atoms with van der Waals surface area (Å²) in [5, 5.41) is 4.00. The average molecular weight is 563 g/mol. The minimum absolute atomic E-state index is 0.234. The molecule has 3 aromatic heterocycles. The quantitative estimate of drug-likeness (QED) is 0.303. The summed E-state index contributed by atoms with van der Waals surface area (Å²) in [7, 11) is -2.03. The molecule has 1 fully saturated rings. The van der Waals surface area contributed by atoms with Crippen molar-refractivity contribution < 1.29 is 13.2 Å². The lowest BCUT2D eigenvalue weighted by atomic mass is 9.96. The SMILES string of the molecule is COc1ccc(N2C(=S)N[C@H](c3ccccn3)[C@H]2c2cc(C)n(Cc3ccncc3)c2C)cc1NS(C)(=O)=O. The lowest BCUT2D eigenvalue weighted by molar-refractivity contribution is 0.417. The highest BCUT2D eigenvalue weighted by Crippen LogP contribution is 2.44. The summed E-state index contributed by atoms with van der Waals surface area (Å²) in [6, 6.07) is 16.9. The molecule has 11 heteroatoms. The molecule has 9 nitrogen and oxygen atoms in total. The predicted molar refractivity (Wildman–Crippen MR) is 157 cm³/mol. The van der Waals surface area contributed by atoms with E-state index in [0.29, 0.717) is 23.1 Å². The number of nitrogens with one attached hydrogen (secondary N) is 2. The second-order valence-corrected chi connectivity index (χ2v) is 11.7. The molecule has 1 aliphatic rings. The zero-order valence-corrected chi connectivity index (χ0v) is 23.8. The number of nitrogens with zero attached hydrogens (tertiary/aromatic N) is 4. The Morgan fingerprint density at radius 1 is 1.08 bits per heavy atom. The molecule has 39 heavy (non-hydrogen) atoms. The first kappa shape index (κ1) is 26.6. The molecule has 1 aromatic carbocycles. The van der Waals surface area contributed by atoms with Crippen molar-refractivity contribution in [1.82, 2.24) is 19.9 Å². The fourth-order valence-corrected chi connectivity index (χ4v) is 6.02. The molecule has 0 amide bonds. The summed E-state index contributed by atoms with van der Waals surface area (Å²) in [5.74, 6) is 0.413. The molecule has 0 aliphatic carbocycles. The number of anilines is 2. The number of benzene rings is 1. The zero-order chi connectivity index (χ0) is 27.7. The average Bonchev–Trinajstić information content (AvgIpc) is 3.39. The largest absolute Gasteiger partial charge is 0.495 e. The summed E-state index contributed by atoms with van der Waals surface area (Å²) in [6.45, 7) is 4.92. The van der Waals surface area contributed by atoms with Crippen LogP contribution in [0.15, 0.2) is 73.2 Å². The third kappa shape index (κ3) is 5.45. The monoisotopic (exact) mass is 562 g/mol. The Morgan fingerprint density at radius 3 is 2.51 bits per heavy atom. The van der Waals surface area contributed by atoms with E-state index in [1.807, 2.05) is 41.3 Å². The van der Waals surface area contributed by atoms with Gasteiger partial charge in [-0.15, -0.1) is 0 Å². The number of hydrogen-bond donors (Lipinski definition) is 2. The molecular formula is C28H30N6O3S2. The van der Waals surface area contributed by atoms with Gasteiger partial charge >= 0.3 is 0 Å². The molecule has 2 atom stereocenters. The zero-order valence-electron chi connectivity index (χ0n) is 22.1. The van der Waals surface area contributed by atoms with Crippen molar-refractivity contribution in [2.75, 3.05) is 23.0 Å². The van der Waals surface area contributed by atoms with Crippen molar-refractivity contribution in [2.24, 2.45) is 0 Å². The van der Waals surface area contributed by atoms with Crippen LogP contribution >= 0.6 is 12.2 Å². The molecule has 5 rings (SSSR count). The van der Waals surface area contributed by atoms with Crippen molar-refractivity contribution in [1.29, 1.82) is 0 Å². The van der Waals surface area contributed by atoms with Gasteiger partial charge in [-0.1, -0.05) is 6.07 Å². The summed E-state index contributed by atoms with van der Waals surface area (Å²) in [5.41, 5.74) is 6.39. The van der Waals surface area contributed by atoms with Gasteiger partial charge in [0.15, 0.2) is 5.11 Å². The highest BCUT2D eigenvalue weighted by atomic mass is 32.2.